The second-order valence-corrected chi connectivity index (χ2v) is 3.44. The Balaban J connectivity index is 0.00000225. The van der Waals surface area contributed by atoms with Crippen LogP contribution in [0.3, 0.4) is 0 Å². The Morgan fingerprint density at radius 2 is 2.12 bits per heavy atom. The average Bonchev–Trinajstić information content (AvgIpc) is 2.16. The van der Waals surface area contributed by atoms with Gasteiger partial charge in [0.2, 0.25) is 0 Å². The first-order chi connectivity index (χ1) is 6.99. The average molecular weight is 247 g/mol. The number of nitrogens with two attached hydrogens (primary N) is 1. The minimum Gasteiger partial charge on any atom is -0.502 e. The van der Waals surface area contributed by atoms with Crippen LogP contribution < -0.4 is 5.73 Å². The Labute approximate surface area is 99.8 Å². The molecule has 90 valence electrons. The zero-order valence-electron chi connectivity index (χ0n) is 9.14. The van der Waals surface area contributed by atoms with E-state index in [4.69, 9.17) is 5.73 Å². The van der Waals surface area contributed by atoms with Crippen molar-refractivity contribution in [3.63, 3.8) is 0 Å². The maximum atomic E-state index is 10.7. The van der Waals surface area contributed by atoms with Crippen molar-refractivity contribution in [2.75, 3.05) is 0 Å². The number of hydrogen-bond donors (Lipinski definition) is 2. The van der Waals surface area contributed by atoms with Gasteiger partial charge in [0.05, 0.1) is 4.92 Å². The van der Waals surface area contributed by atoms with Crippen molar-refractivity contribution in [3.8, 4) is 5.75 Å². The molecule has 0 aliphatic rings. The summed E-state index contributed by atoms with van der Waals surface area (Å²) in [6, 6.07) is 2.86. The molecule has 16 heavy (non-hydrogen) atoms. The summed E-state index contributed by atoms with van der Waals surface area (Å²) in [5.74, 6) is -0.311. The number of phenolic OH excluding ortho intramolecular Hbond substituents is 1. The van der Waals surface area contributed by atoms with Crippen LogP contribution >= 0.6 is 12.4 Å². The molecule has 0 fully saturated rings. The number of nitrogens with zero attached hydrogens (tertiary/aromatic N) is 1. The van der Waals surface area contributed by atoms with Crippen molar-refractivity contribution < 1.29 is 10.0 Å². The van der Waals surface area contributed by atoms with Gasteiger partial charge in [-0.15, -0.1) is 12.4 Å². The van der Waals surface area contributed by atoms with Crippen LogP contribution in [0.15, 0.2) is 12.1 Å². The van der Waals surface area contributed by atoms with Crippen LogP contribution in [0.25, 0.3) is 0 Å². The molecule has 0 aromatic heterocycles. The molecular formula is C10H15ClN2O3. The van der Waals surface area contributed by atoms with E-state index in [1.165, 1.54) is 0 Å². The van der Waals surface area contributed by atoms with Gasteiger partial charge in [0.25, 0.3) is 0 Å². The first-order valence-electron chi connectivity index (χ1n) is 4.71. The van der Waals surface area contributed by atoms with Crippen molar-refractivity contribution in [3.05, 3.63) is 33.4 Å². The molecule has 0 saturated heterocycles. The van der Waals surface area contributed by atoms with E-state index < -0.39 is 4.92 Å². The fourth-order valence-electron chi connectivity index (χ4n) is 1.45. The number of aryl methyl sites for hydroxylation is 1. The summed E-state index contributed by atoms with van der Waals surface area (Å²) in [7, 11) is 0. The number of hydrogen-bond acceptors (Lipinski definition) is 4. The lowest BCUT2D eigenvalue weighted by Gasteiger charge is -2.12. The number of phenols is 1. The van der Waals surface area contributed by atoms with Gasteiger partial charge in [0, 0.05) is 17.2 Å². The number of benzene rings is 1. The van der Waals surface area contributed by atoms with E-state index in [1.807, 2.05) is 6.92 Å². The Morgan fingerprint density at radius 3 is 2.56 bits per heavy atom. The van der Waals surface area contributed by atoms with Gasteiger partial charge in [0.15, 0.2) is 5.75 Å². The van der Waals surface area contributed by atoms with Gasteiger partial charge in [-0.1, -0.05) is 19.1 Å². The van der Waals surface area contributed by atoms with Crippen molar-refractivity contribution >= 4 is 18.1 Å². The standard InChI is InChI=1S/C10H14N2O3.ClH/c1-3-8(11)7-5-4-6(2)9(10(7)13)12(14)15;/h4-5,8,13H,3,11H2,1-2H3;1H/t8-;/m1./s1. The molecule has 5 nitrogen and oxygen atoms in total. The molecule has 0 unspecified atom stereocenters. The van der Waals surface area contributed by atoms with Crippen LogP contribution in [0.1, 0.15) is 30.5 Å². The molecule has 0 amide bonds. The minimum atomic E-state index is -0.587. The number of nitro benzene ring substituents is 1. The van der Waals surface area contributed by atoms with Crippen molar-refractivity contribution in [1.82, 2.24) is 0 Å². The second-order valence-electron chi connectivity index (χ2n) is 3.44. The van der Waals surface area contributed by atoms with Crippen molar-refractivity contribution in [2.24, 2.45) is 5.73 Å². The number of halogens is 1. The lowest BCUT2D eigenvalue weighted by molar-refractivity contribution is -0.386. The van der Waals surface area contributed by atoms with E-state index in [1.54, 1.807) is 19.1 Å². The molecule has 1 rings (SSSR count). The minimum absolute atomic E-state index is 0. The molecule has 0 radical (unpaired) electrons. The summed E-state index contributed by atoms with van der Waals surface area (Å²) in [5, 5.41) is 20.4. The van der Waals surface area contributed by atoms with Gasteiger partial charge in [0.1, 0.15) is 0 Å². The summed E-state index contributed by atoms with van der Waals surface area (Å²) in [5.41, 5.74) is 6.34. The summed E-state index contributed by atoms with van der Waals surface area (Å²) in [6.45, 7) is 3.44. The molecule has 0 aliphatic heterocycles. The topological polar surface area (TPSA) is 89.4 Å². The summed E-state index contributed by atoms with van der Waals surface area (Å²) in [6.07, 6.45) is 0.619. The van der Waals surface area contributed by atoms with Crippen molar-refractivity contribution in [1.29, 1.82) is 0 Å². The van der Waals surface area contributed by atoms with Crippen LogP contribution in [0, 0.1) is 17.0 Å². The van der Waals surface area contributed by atoms with Crippen LogP contribution in [0.4, 0.5) is 5.69 Å². The highest BCUT2D eigenvalue weighted by molar-refractivity contribution is 5.85. The predicted octanol–water partition coefficient (Wildman–Crippen LogP) is 2.44. The first kappa shape index (κ1) is 14.7. The normalized spacial score (nSPS) is 11.7. The first-order valence-corrected chi connectivity index (χ1v) is 4.71. The van der Waals surface area contributed by atoms with Crippen LogP contribution in [0.2, 0.25) is 0 Å². The lowest BCUT2D eigenvalue weighted by Crippen LogP contribution is -2.09. The molecule has 0 saturated carbocycles. The van der Waals surface area contributed by atoms with Gasteiger partial charge in [-0.25, -0.2) is 0 Å². The zero-order valence-corrected chi connectivity index (χ0v) is 9.95. The molecular weight excluding hydrogens is 232 g/mol. The molecule has 3 N–H and O–H groups in total. The van der Waals surface area contributed by atoms with E-state index in [0.717, 1.165) is 0 Å². The third-order valence-electron chi connectivity index (χ3n) is 2.41. The number of rotatable bonds is 3. The highest BCUT2D eigenvalue weighted by atomic mass is 35.5. The largest absolute Gasteiger partial charge is 0.502 e. The molecule has 0 bridgehead atoms. The fourth-order valence-corrected chi connectivity index (χ4v) is 1.45. The molecule has 0 heterocycles. The maximum Gasteiger partial charge on any atom is 0.313 e. The van der Waals surface area contributed by atoms with Crippen LogP contribution in [-0.2, 0) is 0 Å². The van der Waals surface area contributed by atoms with Gasteiger partial charge in [-0.3, -0.25) is 10.1 Å². The highest BCUT2D eigenvalue weighted by Crippen LogP contribution is 2.36. The maximum absolute atomic E-state index is 10.7. The van der Waals surface area contributed by atoms with Gasteiger partial charge < -0.3 is 10.8 Å². The fraction of sp³-hybridized carbons (Fsp3) is 0.400. The van der Waals surface area contributed by atoms with Gasteiger partial charge >= 0.3 is 5.69 Å². The monoisotopic (exact) mass is 246 g/mol. The Morgan fingerprint density at radius 1 is 1.56 bits per heavy atom. The van der Waals surface area contributed by atoms with Crippen molar-refractivity contribution in [2.45, 2.75) is 26.3 Å². The van der Waals surface area contributed by atoms with Gasteiger partial charge in [-0.05, 0) is 13.3 Å². The third kappa shape index (κ3) is 2.62. The molecule has 0 aliphatic carbocycles. The third-order valence-corrected chi connectivity index (χ3v) is 2.41. The molecule has 1 atom stereocenters. The van der Waals surface area contributed by atoms with Crippen LogP contribution in [0.5, 0.6) is 5.75 Å². The Hall–Kier alpha value is -1.33. The van der Waals surface area contributed by atoms with E-state index in [-0.39, 0.29) is 29.9 Å². The summed E-state index contributed by atoms with van der Waals surface area (Å²) >= 11 is 0. The molecule has 1 aromatic carbocycles. The zero-order chi connectivity index (χ0) is 11.6. The second kappa shape index (κ2) is 5.67. The smallest absolute Gasteiger partial charge is 0.313 e. The molecule has 6 heteroatoms. The molecule has 0 spiro atoms. The number of nitro groups is 1. The number of aromatic hydroxyl groups is 1. The Kier molecular flexibility index (Phi) is 5.20. The quantitative estimate of drug-likeness (QED) is 0.633. The Bertz CT molecular complexity index is 396. The molecule has 1 aromatic rings. The summed E-state index contributed by atoms with van der Waals surface area (Å²) < 4.78 is 0. The van der Waals surface area contributed by atoms with E-state index >= 15 is 0 Å². The van der Waals surface area contributed by atoms with Crippen LogP contribution in [-0.4, -0.2) is 10.0 Å². The van der Waals surface area contributed by atoms with Gasteiger partial charge in [-0.2, -0.15) is 0 Å². The van der Waals surface area contributed by atoms with E-state index in [9.17, 15) is 15.2 Å². The van der Waals surface area contributed by atoms with E-state index in [2.05, 4.69) is 0 Å². The van der Waals surface area contributed by atoms with E-state index in [0.29, 0.717) is 17.5 Å². The SMILES string of the molecule is CC[C@@H](N)c1ccc(C)c([N+](=O)[O-])c1O.Cl. The lowest BCUT2D eigenvalue weighted by atomic mass is 10.0. The summed E-state index contributed by atoms with van der Waals surface area (Å²) in [4.78, 5) is 10.1. The highest BCUT2D eigenvalue weighted by Gasteiger charge is 2.22. The predicted molar refractivity (Wildman–Crippen MR) is 64.0 cm³/mol.